The molecule has 0 saturated carbocycles. The van der Waals surface area contributed by atoms with E-state index in [0.717, 1.165) is 32.3 Å². The third kappa shape index (κ3) is 1.95. The van der Waals surface area contributed by atoms with Gasteiger partial charge in [0.15, 0.2) is 6.29 Å². The summed E-state index contributed by atoms with van der Waals surface area (Å²) in [5.41, 5.74) is 0.623. The highest BCUT2D eigenvalue weighted by atomic mass is 16.5. The molecule has 2 rings (SSSR count). The molecule has 0 amide bonds. The van der Waals surface area contributed by atoms with Crippen molar-refractivity contribution in [1.29, 1.82) is 0 Å². The van der Waals surface area contributed by atoms with Crippen LogP contribution < -0.4 is 0 Å². The van der Waals surface area contributed by atoms with Crippen LogP contribution in [0.2, 0.25) is 0 Å². The first-order chi connectivity index (χ1) is 6.38. The van der Waals surface area contributed by atoms with Gasteiger partial charge in [-0.3, -0.25) is 9.48 Å². The van der Waals surface area contributed by atoms with Gasteiger partial charge in [-0.25, -0.2) is 0 Å². The summed E-state index contributed by atoms with van der Waals surface area (Å²) in [7, 11) is 0. The Morgan fingerprint density at radius 2 is 2.69 bits per heavy atom. The van der Waals surface area contributed by atoms with Crippen molar-refractivity contribution < 1.29 is 9.53 Å². The summed E-state index contributed by atoms with van der Waals surface area (Å²) in [6.45, 7) is 1.61. The zero-order valence-electron chi connectivity index (χ0n) is 7.35. The molecule has 4 nitrogen and oxygen atoms in total. The second kappa shape index (κ2) is 3.70. The fourth-order valence-corrected chi connectivity index (χ4v) is 1.54. The average Bonchev–Trinajstić information content (AvgIpc) is 2.76. The molecule has 0 aliphatic carbocycles. The van der Waals surface area contributed by atoms with E-state index in [1.165, 1.54) is 0 Å². The first-order valence-corrected chi connectivity index (χ1v) is 4.48. The molecule has 1 atom stereocenters. The van der Waals surface area contributed by atoms with E-state index in [-0.39, 0.29) is 6.10 Å². The Balaban J connectivity index is 1.96. The molecule has 0 radical (unpaired) electrons. The lowest BCUT2D eigenvalue weighted by Gasteiger charge is -2.08. The number of rotatable bonds is 3. The number of carbonyl (C=O) groups is 1. The second-order valence-corrected chi connectivity index (χ2v) is 3.25. The number of aromatic nitrogens is 2. The van der Waals surface area contributed by atoms with E-state index in [0.29, 0.717) is 5.56 Å². The van der Waals surface area contributed by atoms with Crippen molar-refractivity contribution >= 4 is 6.29 Å². The quantitative estimate of drug-likeness (QED) is 0.648. The van der Waals surface area contributed by atoms with Gasteiger partial charge in [0.2, 0.25) is 0 Å². The number of hydrogen-bond acceptors (Lipinski definition) is 3. The van der Waals surface area contributed by atoms with Crippen molar-refractivity contribution in [1.82, 2.24) is 9.78 Å². The van der Waals surface area contributed by atoms with Crippen LogP contribution >= 0.6 is 0 Å². The topological polar surface area (TPSA) is 44.1 Å². The normalized spacial score (nSPS) is 22.0. The molecule has 1 aromatic rings. The first kappa shape index (κ1) is 8.44. The zero-order chi connectivity index (χ0) is 9.10. The molecular formula is C9H12N2O2. The van der Waals surface area contributed by atoms with Gasteiger partial charge in [-0.2, -0.15) is 5.10 Å². The van der Waals surface area contributed by atoms with Gasteiger partial charge in [0, 0.05) is 12.8 Å². The minimum atomic E-state index is 0.277. The number of nitrogens with zero attached hydrogens (tertiary/aromatic N) is 2. The monoisotopic (exact) mass is 180 g/mol. The van der Waals surface area contributed by atoms with E-state index < -0.39 is 0 Å². The van der Waals surface area contributed by atoms with E-state index >= 15 is 0 Å². The molecule has 1 saturated heterocycles. The molecule has 70 valence electrons. The predicted octanol–water partition coefficient (Wildman–Crippen LogP) is 0.875. The number of aldehydes is 1. The maximum Gasteiger partial charge on any atom is 0.153 e. The van der Waals surface area contributed by atoms with E-state index in [9.17, 15) is 4.79 Å². The SMILES string of the molecule is O=Cc1cnn(C[C@@H]2CCCO2)c1. The van der Waals surface area contributed by atoms with Crippen molar-refractivity contribution in [2.75, 3.05) is 6.61 Å². The van der Waals surface area contributed by atoms with Crippen LogP contribution in [0.15, 0.2) is 12.4 Å². The average molecular weight is 180 g/mol. The molecule has 0 spiro atoms. The first-order valence-electron chi connectivity index (χ1n) is 4.48. The Morgan fingerprint density at radius 3 is 3.31 bits per heavy atom. The van der Waals surface area contributed by atoms with Gasteiger partial charge in [-0.1, -0.05) is 0 Å². The predicted molar refractivity (Wildman–Crippen MR) is 46.6 cm³/mol. The van der Waals surface area contributed by atoms with E-state index in [1.807, 2.05) is 0 Å². The van der Waals surface area contributed by atoms with Crippen molar-refractivity contribution in [3.8, 4) is 0 Å². The van der Waals surface area contributed by atoms with Crippen LogP contribution in [0.5, 0.6) is 0 Å². The molecule has 1 aromatic heterocycles. The lowest BCUT2D eigenvalue weighted by molar-refractivity contribution is 0.0939. The van der Waals surface area contributed by atoms with Crippen LogP contribution in [0.4, 0.5) is 0 Å². The van der Waals surface area contributed by atoms with Crippen LogP contribution in [-0.2, 0) is 11.3 Å². The largest absolute Gasteiger partial charge is 0.376 e. The summed E-state index contributed by atoms with van der Waals surface area (Å²) < 4.78 is 7.21. The molecule has 0 bridgehead atoms. The minimum Gasteiger partial charge on any atom is -0.376 e. The van der Waals surface area contributed by atoms with E-state index in [1.54, 1.807) is 17.1 Å². The van der Waals surface area contributed by atoms with Gasteiger partial charge in [-0.15, -0.1) is 0 Å². The highest BCUT2D eigenvalue weighted by molar-refractivity contribution is 5.73. The molecule has 1 fully saturated rings. The van der Waals surface area contributed by atoms with Crippen molar-refractivity contribution in [3.63, 3.8) is 0 Å². The van der Waals surface area contributed by atoms with Gasteiger partial charge >= 0.3 is 0 Å². The number of carbonyl (C=O) groups excluding carboxylic acids is 1. The maximum atomic E-state index is 10.4. The molecule has 0 unspecified atom stereocenters. The molecular weight excluding hydrogens is 168 g/mol. The molecule has 4 heteroatoms. The summed E-state index contributed by atoms with van der Waals surface area (Å²) in [6, 6.07) is 0. The summed E-state index contributed by atoms with van der Waals surface area (Å²) in [5.74, 6) is 0. The van der Waals surface area contributed by atoms with Crippen LogP contribution in [0.3, 0.4) is 0 Å². The summed E-state index contributed by atoms with van der Waals surface area (Å²) in [4.78, 5) is 10.4. The molecule has 2 heterocycles. The number of ether oxygens (including phenoxy) is 1. The van der Waals surface area contributed by atoms with Crippen molar-refractivity contribution in [3.05, 3.63) is 18.0 Å². The Labute approximate surface area is 76.5 Å². The second-order valence-electron chi connectivity index (χ2n) is 3.25. The third-order valence-electron chi connectivity index (χ3n) is 2.20. The smallest absolute Gasteiger partial charge is 0.153 e. The van der Waals surface area contributed by atoms with E-state index in [4.69, 9.17) is 4.74 Å². The summed E-state index contributed by atoms with van der Waals surface area (Å²) in [5, 5.41) is 4.06. The van der Waals surface area contributed by atoms with Crippen LogP contribution in [0.25, 0.3) is 0 Å². The van der Waals surface area contributed by atoms with Gasteiger partial charge in [0.05, 0.1) is 24.4 Å². The Bertz CT molecular complexity index is 290. The van der Waals surface area contributed by atoms with E-state index in [2.05, 4.69) is 5.10 Å². The van der Waals surface area contributed by atoms with Crippen LogP contribution in [0, 0.1) is 0 Å². The standard InChI is InChI=1S/C9H12N2O2/c12-7-8-4-10-11(5-8)6-9-2-1-3-13-9/h4-5,7,9H,1-3,6H2/t9-/m0/s1. The molecule has 0 aromatic carbocycles. The molecule has 13 heavy (non-hydrogen) atoms. The van der Waals surface area contributed by atoms with Crippen LogP contribution in [-0.4, -0.2) is 28.8 Å². The van der Waals surface area contributed by atoms with Crippen LogP contribution in [0.1, 0.15) is 23.2 Å². The minimum absolute atomic E-state index is 0.277. The Morgan fingerprint density at radius 1 is 1.77 bits per heavy atom. The highest BCUT2D eigenvalue weighted by Gasteiger charge is 2.16. The lowest BCUT2D eigenvalue weighted by Crippen LogP contribution is -2.15. The summed E-state index contributed by atoms with van der Waals surface area (Å²) in [6.07, 6.45) is 6.62. The number of hydrogen-bond donors (Lipinski definition) is 0. The lowest BCUT2D eigenvalue weighted by atomic mass is 10.2. The molecule has 1 aliphatic heterocycles. The van der Waals surface area contributed by atoms with Gasteiger partial charge < -0.3 is 4.74 Å². The molecule has 1 aliphatic rings. The fourth-order valence-electron chi connectivity index (χ4n) is 1.54. The fraction of sp³-hybridized carbons (Fsp3) is 0.556. The van der Waals surface area contributed by atoms with Crippen molar-refractivity contribution in [2.24, 2.45) is 0 Å². The summed E-state index contributed by atoms with van der Waals surface area (Å²) >= 11 is 0. The van der Waals surface area contributed by atoms with Gasteiger partial charge in [-0.05, 0) is 12.8 Å². The van der Waals surface area contributed by atoms with Gasteiger partial charge in [0.1, 0.15) is 0 Å². The Hall–Kier alpha value is -1.16. The van der Waals surface area contributed by atoms with Crippen molar-refractivity contribution in [2.45, 2.75) is 25.5 Å². The van der Waals surface area contributed by atoms with Gasteiger partial charge in [0.25, 0.3) is 0 Å². The third-order valence-corrected chi connectivity index (χ3v) is 2.20. The Kier molecular flexibility index (Phi) is 2.40. The maximum absolute atomic E-state index is 10.4. The highest BCUT2D eigenvalue weighted by Crippen LogP contribution is 2.13. The molecule has 0 N–H and O–H groups in total. The zero-order valence-corrected chi connectivity index (χ0v) is 7.35.